The van der Waals surface area contributed by atoms with E-state index in [4.69, 9.17) is 37.9 Å². The van der Waals surface area contributed by atoms with Gasteiger partial charge in [-0.3, -0.25) is 28.8 Å². The lowest BCUT2D eigenvalue weighted by atomic mass is 9.89. The van der Waals surface area contributed by atoms with Crippen molar-refractivity contribution in [2.24, 2.45) is 5.92 Å². The molecule has 1 aromatic heterocycles. The first kappa shape index (κ1) is 38.5. The van der Waals surface area contributed by atoms with E-state index in [-0.39, 0.29) is 30.7 Å². The van der Waals surface area contributed by atoms with Crippen LogP contribution in [0.5, 0.6) is 11.6 Å². The minimum atomic E-state index is -1.53. The average Bonchev–Trinajstić information content (AvgIpc) is 3.32. The van der Waals surface area contributed by atoms with Gasteiger partial charge in [0.15, 0.2) is 6.10 Å². The molecular weight excluding hydrogens is 648 g/mol. The van der Waals surface area contributed by atoms with Gasteiger partial charge in [0.05, 0.1) is 17.7 Å². The molecule has 268 valence electrons. The second-order valence-electron chi connectivity index (χ2n) is 11.5. The highest BCUT2D eigenvalue weighted by Crippen LogP contribution is 2.35. The first-order valence-electron chi connectivity index (χ1n) is 15.5. The highest BCUT2D eigenvalue weighted by atomic mass is 16.7. The molecule has 1 aliphatic heterocycles. The van der Waals surface area contributed by atoms with Gasteiger partial charge in [-0.2, -0.15) is 4.68 Å². The molecular formula is C33H42N2O14. The van der Waals surface area contributed by atoms with Gasteiger partial charge in [-0.25, -0.2) is 0 Å². The van der Waals surface area contributed by atoms with Crippen LogP contribution in [0.25, 0.3) is 0 Å². The SMILES string of the molecule is CC(=O)OCc1c(Cc2ccc(OC(C)C)cc2)c(OC2O[C@H](COC(C)=O)[C@@H](OC(C)=O)[C@H](COC(C)=O)[C@H]2OC(C)=O)nn1C(C)=O. The monoisotopic (exact) mass is 690 g/mol. The van der Waals surface area contributed by atoms with E-state index in [1.54, 1.807) is 24.3 Å². The zero-order valence-corrected chi connectivity index (χ0v) is 28.7. The third-order valence-corrected chi connectivity index (χ3v) is 6.99. The van der Waals surface area contributed by atoms with Crippen LogP contribution >= 0.6 is 0 Å². The smallest absolute Gasteiger partial charge is 0.303 e. The Kier molecular flexibility index (Phi) is 13.7. The normalized spacial score (nSPS) is 20.1. The van der Waals surface area contributed by atoms with Crippen LogP contribution in [0.1, 0.15) is 77.0 Å². The highest BCUT2D eigenvalue weighted by molar-refractivity contribution is 5.77. The number of carbonyl (C=O) groups excluding carboxylic acids is 6. The topological polar surface area (TPSA) is 194 Å². The van der Waals surface area contributed by atoms with Crippen molar-refractivity contribution in [3.63, 3.8) is 0 Å². The Hall–Kier alpha value is -4.99. The number of benzene rings is 1. The summed E-state index contributed by atoms with van der Waals surface area (Å²) < 4.78 is 46.0. The van der Waals surface area contributed by atoms with Crippen LogP contribution in [0.15, 0.2) is 24.3 Å². The second-order valence-corrected chi connectivity index (χ2v) is 11.5. The van der Waals surface area contributed by atoms with Gasteiger partial charge in [-0.1, -0.05) is 12.1 Å². The molecule has 1 fully saturated rings. The van der Waals surface area contributed by atoms with Crippen LogP contribution in [0.2, 0.25) is 0 Å². The van der Waals surface area contributed by atoms with Gasteiger partial charge >= 0.3 is 29.8 Å². The number of nitrogens with zero attached hydrogens (tertiary/aromatic N) is 2. The fourth-order valence-corrected chi connectivity index (χ4v) is 5.10. The Morgan fingerprint density at radius 3 is 1.88 bits per heavy atom. The standard InChI is InChI=1S/C33H42N2O14/c1-17(2)45-25-11-9-24(10-12-25)13-26-28(15-43-20(5)38)35(18(3)36)34-32(26)49-33-31(47-23(8)41)27(14-42-19(4)37)30(46-22(7)40)29(48-33)16-44-21(6)39/h9-12,17,27,29-31,33H,13-16H2,1-8H3/t27-,29+,30-,31+,33?/m0/s1. The number of hydrogen-bond donors (Lipinski definition) is 0. The zero-order chi connectivity index (χ0) is 36.4. The summed E-state index contributed by atoms with van der Waals surface area (Å²) in [5.41, 5.74) is 1.27. The van der Waals surface area contributed by atoms with Crippen LogP contribution in [-0.4, -0.2) is 89.5 Å². The third kappa shape index (κ3) is 11.3. The Labute approximate surface area is 283 Å². The summed E-state index contributed by atoms with van der Waals surface area (Å²) in [4.78, 5) is 72.7. The van der Waals surface area contributed by atoms with Gasteiger partial charge in [0.2, 0.25) is 18.1 Å². The number of esters is 5. The fraction of sp³-hybridized carbons (Fsp3) is 0.545. The van der Waals surface area contributed by atoms with E-state index in [9.17, 15) is 28.8 Å². The molecule has 0 radical (unpaired) electrons. The molecule has 1 saturated heterocycles. The van der Waals surface area contributed by atoms with Crippen LogP contribution < -0.4 is 9.47 Å². The molecule has 1 aliphatic rings. The predicted octanol–water partition coefficient (Wildman–Crippen LogP) is 2.69. The Balaban J connectivity index is 2.16. The molecule has 0 saturated carbocycles. The summed E-state index contributed by atoms with van der Waals surface area (Å²) in [7, 11) is 0. The molecule has 0 spiro atoms. The Bertz CT molecular complexity index is 1520. The van der Waals surface area contributed by atoms with Crippen molar-refractivity contribution >= 4 is 35.8 Å². The van der Waals surface area contributed by atoms with Crippen LogP contribution in [0, 0.1) is 5.92 Å². The number of aromatic nitrogens is 2. The first-order chi connectivity index (χ1) is 23.0. The molecule has 0 amide bonds. The van der Waals surface area contributed by atoms with Crippen molar-refractivity contribution in [2.75, 3.05) is 13.2 Å². The number of carbonyl (C=O) groups is 6. The molecule has 0 bridgehead atoms. The van der Waals surface area contributed by atoms with E-state index in [1.807, 2.05) is 13.8 Å². The predicted molar refractivity (Wildman–Crippen MR) is 166 cm³/mol. The molecule has 0 aliphatic carbocycles. The molecule has 0 N–H and O–H groups in total. The second kappa shape index (κ2) is 17.4. The maximum Gasteiger partial charge on any atom is 0.303 e. The molecule has 3 rings (SSSR count). The quantitative estimate of drug-likeness (QED) is 0.207. The third-order valence-electron chi connectivity index (χ3n) is 6.99. The summed E-state index contributed by atoms with van der Waals surface area (Å²) in [6.07, 6.45) is -5.27. The first-order valence-corrected chi connectivity index (χ1v) is 15.5. The largest absolute Gasteiger partial charge is 0.491 e. The Morgan fingerprint density at radius 2 is 1.35 bits per heavy atom. The van der Waals surface area contributed by atoms with Crippen molar-refractivity contribution in [2.45, 2.75) is 99.1 Å². The number of rotatable bonds is 14. The van der Waals surface area contributed by atoms with E-state index < -0.39 is 79.5 Å². The molecule has 1 aromatic carbocycles. The summed E-state index contributed by atoms with van der Waals surface area (Å²) in [5, 5.41) is 4.37. The van der Waals surface area contributed by atoms with Crippen molar-refractivity contribution in [1.29, 1.82) is 0 Å². The molecule has 5 atom stereocenters. The molecule has 49 heavy (non-hydrogen) atoms. The summed E-state index contributed by atoms with van der Waals surface area (Å²) >= 11 is 0. The zero-order valence-electron chi connectivity index (χ0n) is 28.7. The van der Waals surface area contributed by atoms with Gasteiger partial charge < -0.3 is 37.9 Å². The van der Waals surface area contributed by atoms with Crippen molar-refractivity contribution in [3.05, 3.63) is 41.1 Å². The molecule has 16 heteroatoms. The summed E-state index contributed by atoms with van der Waals surface area (Å²) in [5.74, 6) is -4.58. The van der Waals surface area contributed by atoms with Gasteiger partial charge in [0, 0.05) is 53.5 Å². The lowest BCUT2D eigenvalue weighted by Gasteiger charge is -2.44. The molecule has 2 aromatic rings. The minimum Gasteiger partial charge on any atom is -0.491 e. The van der Waals surface area contributed by atoms with Crippen LogP contribution in [-0.2, 0) is 65.4 Å². The van der Waals surface area contributed by atoms with Crippen molar-refractivity contribution in [3.8, 4) is 11.6 Å². The van der Waals surface area contributed by atoms with E-state index in [1.165, 1.54) is 20.8 Å². The summed E-state index contributed by atoms with van der Waals surface area (Å²) in [6.45, 7) is 9.69. The lowest BCUT2D eigenvalue weighted by Crippen LogP contribution is -2.61. The van der Waals surface area contributed by atoms with Gasteiger partial charge in [-0.15, -0.1) is 5.10 Å². The van der Waals surface area contributed by atoms with E-state index in [2.05, 4.69) is 5.10 Å². The number of ether oxygens (including phenoxy) is 8. The van der Waals surface area contributed by atoms with Crippen LogP contribution in [0.3, 0.4) is 0 Å². The van der Waals surface area contributed by atoms with Gasteiger partial charge in [-0.05, 0) is 31.5 Å². The van der Waals surface area contributed by atoms with Crippen molar-refractivity contribution in [1.82, 2.24) is 9.78 Å². The van der Waals surface area contributed by atoms with Gasteiger partial charge in [0.25, 0.3) is 0 Å². The van der Waals surface area contributed by atoms with E-state index >= 15 is 0 Å². The van der Waals surface area contributed by atoms with E-state index in [0.29, 0.717) is 11.3 Å². The fourth-order valence-electron chi connectivity index (χ4n) is 5.10. The average molecular weight is 691 g/mol. The molecule has 16 nitrogen and oxygen atoms in total. The number of hydrogen-bond acceptors (Lipinski definition) is 15. The molecule has 1 unspecified atom stereocenters. The van der Waals surface area contributed by atoms with E-state index in [0.717, 1.165) is 31.0 Å². The maximum atomic E-state index is 12.8. The maximum absolute atomic E-state index is 12.8. The highest BCUT2D eigenvalue weighted by Gasteiger charge is 2.52. The summed E-state index contributed by atoms with van der Waals surface area (Å²) in [6, 6.07) is 7.14. The lowest BCUT2D eigenvalue weighted by molar-refractivity contribution is -0.278. The Morgan fingerprint density at radius 1 is 0.776 bits per heavy atom. The van der Waals surface area contributed by atoms with Crippen molar-refractivity contribution < 1.29 is 66.7 Å². The molecule has 2 heterocycles. The van der Waals surface area contributed by atoms with Crippen LogP contribution in [0.4, 0.5) is 0 Å². The van der Waals surface area contributed by atoms with Gasteiger partial charge in [0.1, 0.15) is 37.8 Å². The minimum absolute atomic E-state index is 0.0505.